The molecule has 0 radical (unpaired) electrons. The van der Waals surface area contributed by atoms with Crippen molar-refractivity contribution in [2.24, 2.45) is 5.73 Å². The van der Waals surface area contributed by atoms with Gasteiger partial charge in [-0.1, -0.05) is 40.2 Å². The molecule has 3 rings (SSSR count). The molecule has 0 fully saturated rings. The van der Waals surface area contributed by atoms with E-state index in [0.29, 0.717) is 11.3 Å². The fraction of sp³-hybridized carbons (Fsp3) is 0.167. The van der Waals surface area contributed by atoms with E-state index < -0.39 is 0 Å². The number of halogens is 1. The smallest absolute Gasteiger partial charge is 0.205 e. The van der Waals surface area contributed by atoms with E-state index in [4.69, 9.17) is 10.5 Å². The van der Waals surface area contributed by atoms with Gasteiger partial charge in [0.2, 0.25) is 5.88 Å². The maximum absolute atomic E-state index is 9.56. The van der Waals surface area contributed by atoms with Crippen LogP contribution in [-0.4, -0.2) is 14.1 Å². The van der Waals surface area contributed by atoms with E-state index >= 15 is 0 Å². The molecular weight excluding hydrogens is 354 g/mol. The molecule has 0 aromatic heterocycles. The summed E-state index contributed by atoms with van der Waals surface area (Å²) in [5.74, 6) is 0.612. The number of nitriles is 1. The van der Waals surface area contributed by atoms with Gasteiger partial charge in [-0.3, -0.25) is 0 Å². The first-order valence-electron chi connectivity index (χ1n) is 7.16. The van der Waals surface area contributed by atoms with Crippen molar-refractivity contribution >= 4 is 21.6 Å². The number of anilines is 1. The molecule has 0 spiro atoms. The van der Waals surface area contributed by atoms with E-state index in [-0.39, 0.29) is 11.8 Å². The molecule has 0 aliphatic carbocycles. The molecule has 0 saturated carbocycles. The number of hydrogen-bond acceptors (Lipinski definition) is 4. The molecule has 23 heavy (non-hydrogen) atoms. The Morgan fingerprint density at radius 1 is 1.17 bits per heavy atom. The highest BCUT2D eigenvalue weighted by Gasteiger charge is 2.31. The average molecular weight is 370 g/mol. The molecule has 0 bridgehead atoms. The number of nitrogens with two attached hydrogens (primary N) is 1. The van der Waals surface area contributed by atoms with Gasteiger partial charge < -0.3 is 15.4 Å². The van der Waals surface area contributed by atoms with Crippen molar-refractivity contribution in [2.75, 3.05) is 19.0 Å². The lowest BCUT2D eigenvalue weighted by Crippen LogP contribution is -2.21. The van der Waals surface area contributed by atoms with Crippen LogP contribution in [0, 0.1) is 11.3 Å². The highest BCUT2D eigenvalue weighted by atomic mass is 79.9. The largest absolute Gasteiger partial charge is 0.440 e. The van der Waals surface area contributed by atoms with Crippen LogP contribution < -0.4 is 15.4 Å². The summed E-state index contributed by atoms with van der Waals surface area (Å²) in [4.78, 5) is 2.00. The molecule has 1 heterocycles. The van der Waals surface area contributed by atoms with E-state index in [0.717, 1.165) is 21.3 Å². The van der Waals surface area contributed by atoms with Gasteiger partial charge in [0.1, 0.15) is 17.4 Å². The van der Waals surface area contributed by atoms with Crippen molar-refractivity contribution in [3.63, 3.8) is 0 Å². The standard InChI is InChI=1S/C18H16BrN3O/c1-22(2)11-7-8-13-16(9-11)23-18(21)14(10-20)17(13)12-5-3-4-6-15(12)19/h3-9,17H,21H2,1-2H3. The number of fused-ring (bicyclic) bond motifs is 1. The van der Waals surface area contributed by atoms with Crippen molar-refractivity contribution in [3.05, 3.63) is 69.5 Å². The monoisotopic (exact) mass is 369 g/mol. The highest BCUT2D eigenvalue weighted by Crippen LogP contribution is 2.45. The van der Waals surface area contributed by atoms with Crippen molar-refractivity contribution in [2.45, 2.75) is 5.92 Å². The molecular formula is C18H16BrN3O. The van der Waals surface area contributed by atoms with E-state index in [1.165, 1.54) is 0 Å². The second kappa shape index (κ2) is 5.98. The Bertz CT molecular complexity index is 836. The fourth-order valence-corrected chi connectivity index (χ4v) is 3.26. The molecule has 4 nitrogen and oxygen atoms in total. The molecule has 0 saturated heterocycles. The Morgan fingerprint density at radius 2 is 1.91 bits per heavy atom. The van der Waals surface area contributed by atoms with Crippen LogP contribution in [0.5, 0.6) is 5.75 Å². The zero-order chi connectivity index (χ0) is 16.6. The van der Waals surface area contributed by atoms with Crippen LogP contribution in [0.25, 0.3) is 0 Å². The molecule has 116 valence electrons. The van der Waals surface area contributed by atoms with Gasteiger partial charge in [0.25, 0.3) is 0 Å². The summed E-state index contributed by atoms with van der Waals surface area (Å²) in [6.07, 6.45) is 0. The van der Waals surface area contributed by atoms with Crippen LogP contribution in [-0.2, 0) is 0 Å². The molecule has 1 atom stereocenters. The zero-order valence-electron chi connectivity index (χ0n) is 12.9. The Balaban J connectivity index is 2.22. The van der Waals surface area contributed by atoms with Gasteiger partial charge in [0.15, 0.2) is 0 Å². The Labute approximate surface area is 143 Å². The first-order chi connectivity index (χ1) is 11.0. The third-order valence-electron chi connectivity index (χ3n) is 3.94. The number of hydrogen-bond donors (Lipinski definition) is 1. The van der Waals surface area contributed by atoms with Gasteiger partial charge in [-0.15, -0.1) is 0 Å². The summed E-state index contributed by atoms with van der Waals surface area (Å²) in [7, 11) is 3.94. The summed E-state index contributed by atoms with van der Waals surface area (Å²) in [5.41, 5.74) is 9.40. The summed E-state index contributed by atoms with van der Waals surface area (Å²) >= 11 is 3.58. The highest BCUT2D eigenvalue weighted by molar-refractivity contribution is 9.10. The summed E-state index contributed by atoms with van der Waals surface area (Å²) < 4.78 is 6.65. The Morgan fingerprint density at radius 3 is 2.57 bits per heavy atom. The molecule has 0 amide bonds. The molecule has 2 aromatic carbocycles. The van der Waals surface area contributed by atoms with E-state index in [9.17, 15) is 5.26 Å². The SMILES string of the molecule is CN(C)c1ccc2c(c1)OC(N)=C(C#N)C2c1ccccc1Br. The minimum absolute atomic E-state index is 0.164. The number of ether oxygens (including phenoxy) is 1. The summed E-state index contributed by atoms with van der Waals surface area (Å²) in [6.45, 7) is 0. The number of rotatable bonds is 2. The Hall–Kier alpha value is -2.45. The van der Waals surface area contributed by atoms with Crippen LogP contribution in [0.2, 0.25) is 0 Å². The average Bonchev–Trinajstić information content (AvgIpc) is 2.53. The Kier molecular flexibility index (Phi) is 4.01. The maximum Gasteiger partial charge on any atom is 0.205 e. The van der Waals surface area contributed by atoms with Gasteiger partial charge >= 0.3 is 0 Å². The lowest BCUT2D eigenvalue weighted by molar-refractivity contribution is 0.393. The number of benzene rings is 2. The maximum atomic E-state index is 9.56. The van der Waals surface area contributed by atoms with Crippen molar-refractivity contribution < 1.29 is 4.74 Å². The molecule has 1 unspecified atom stereocenters. The lowest BCUT2D eigenvalue weighted by Gasteiger charge is -2.28. The van der Waals surface area contributed by atoms with Crippen LogP contribution >= 0.6 is 15.9 Å². The zero-order valence-corrected chi connectivity index (χ0v) is 14.5. The van der Waals surface area contributed by atoms with Gasteiger partial charge in [-0.2, -0.15) is 5.26 Å². The fourth-order valence-electron chi connectivity index (χ4n) is 2.75. The predicted octanol–water partition coefficient (Wildman–Crippen LogP) is 3.73. The van der Waals surface area contributed by atoms with Crippen LogP contribution in [0.3, 0.4) is 0 Å². The normalized spacial score (nSPS) is 16.3. The third-order valence-corrected chi connectivity index (χ3v) is 4.66. The summed E-state index contributed by atoms with van der Waals surface area (Å²) in [5, 5.41) is 9.56. The molecule has 2 N–H and O–H groups in total. The lowest BCUT2D eigenvalue weighted by atomic mass is 9.83. The van der Waals surface area contributed by atoms with Gasteiger partial charge in [-0.05, 0) is 17.7 Å². The number of allylic oxidation sites excluding steroid dienone is 1. The first-order valence-corrected chi connectivity index (χ1v) is 7.95. The van der Waals surface area contributed by atoms with Crippen LogP contribution in [0.4, 0.5) is 5.69 Å². The van der Waals surface area contributed by atoms with Gasteiger partial charge in [-0.25, -0.2) is 0 Å². The van der Waals surface area contributed by atoms with Crippen molar-refractivity contribution in [1.82, 2.24) is 0 Å². The summed E-state index contributed by atoms with van der Waals surface area (Å²) in [6, 6.07) is 16.0. The second-order valence-corrected chi connectivity index (χ2v) is 6.42. The third kappa shape index (κ3) is 2.66. The van der Waals surface area contributed by atoms with Crippen molar-refractivity contribution in [1.29, 1.82) is 5.26 Å². The van der Waals surface area contributed by atoms with Crippen LogP contribution in [0.15, 0.2) is 58.4 Å². The second-order valence-electron chi connectivity index (χ2n) is 5.56. The van der Waals surface area contributed by atoms with E-state index in [1.54, 1.807) is 0 Å². The molecule has 2 aromatic rings. The molecule has 1 aliphatic rings. The quantitative estimate of drug-likeness (QED) is 0.875. The van der Waals surface area contributed by atoms with Crippen LogP contribution in [0.1, 0.15) is 17.0 Å². The van der Waals surface area contributed by atoms with Gasteiger partial charge in [0.05, 0.1) is 5.92 Å². The minimum Gasteiger partial charge on any atom is -0.440 e. The van der Waals surface area contributed by atoms with Crippen molar-refractivity contribution in [3.8, 4) is 11.8 Å². The van der Waals surface area contributed by atoms with E-state index in [2.05, 4.69) is 22.0 Å². The minimum atomic E-state index is -0.240. The predicted molar refractivity (Wildman–Crippen MR) is 94.2 cm³/mol. The first kappa shape index (κ1) is 15.4. The topological polar surface area (TPSA) is 62.3 Å². The van der Waals surface area contributed by atoms with Gasteiger partial charge in [0, 0.05) is 35.9 Å². The molecule has 1 aliphatic heterocycles. The van der Waals surface area contributed by atoms with E-state index in [1.807, 2.05) is 61.5 Å². The number of nitrogens with zero attached hydrogens (tertiary/aromatic N) is 2. The molecule has 5 heteroatoms.